The van der Waals surface area contributed by atoms with E-state index in [2.05, 4.69) is 34.4 Å². The van der Waals surface area contributed by atoms with Gasteiger partial charge in [0.1, 0.15) is 11.6 Å². The smallest absolute Gasteiger partial charge is 0.221 e. The largest absolute Gasteiger partial charge is 0.369 e. The molecule has 5 heteroatoms. The normalized spacial score (nSPS) is 14.5. The third-order valence-corrected chi connectivity index (χ3v) is 2.99. The van der Waals surface area contributed by atoms with Gasteiger partial charge in [0.15, 0.2) is 0 Å². The zero-order valence-electron chi connectivity index (χ0n) is 11.9. The molecule has 1 aliphatic carbocycles. The average Bonchev–Trinajstić information content (AvgIpc) is 3.12. The van der Waals surface area contributed by atoms with Gasteiger partial charge in [-0.2, -0.15) is 0 Å². The summed E-state index contributed by atoms with van der Waals surface area (Å²) in [5.74, 6) is 2.06. The Morgan fingerprint density at radius 1 is 1.42 bits per heavy atom. The third kappa shape index (κ3) is 4.50. The molecule has 0 atom stereocenters. The predicted octanol–water partition coefficient (Wildman–Crippen LogP) is 1.99. The van der Waals surface area contributed by atoms with Crippen LogP contribution < -0.4 is 10.6 Å². The van der Waals surface area contributed by atoms with Gasteiger partial charge in [-0.1, -0.05) is 13.8 Å². The van der Waals surface area contributed by atoms with E-state index in [1.165, 1.54) is 0 Å². The SMILES string of the molecule is Cc1cc(NCCC(=O)NC2CC2)nc(C(C)C)n1. The van der Waals surface area contributed by atoms with E-state index in [1.807, 2.05) is 13.0 Å². The zero-order chi connectivity index (χ0) is 13.8. The number of anilines is 1. The van der Waals surface area contributed by atoms with Crippen LogP contribution in [0.3, 0.4) is 0 Å². The summed E-state index contributed by atoms with van der Waals surface area (Å²) >= 11 is 0. The minimum Gasteiger partial charge on any atom is -0.369 e. The standard InChI is InChI=1S/C14H22N4O/c1-9(2)14-16-10(3)8-12(18-14)15-7-6-13(19)17-11-4-5-11/h8-9,11H,4-7H2,1-3H3,(H,17,19)(H,15,16,18). The van der Waals surface area contributed by atoms with Crippen LogP contribution in [0.4, 0.5) is 5.82 Å². The average molecular weight is 262 g/mol. The van der Waals surface area contributed by atoms with Gasteiger partial charge in [0.2, 0.25) is 5.91 Å². The van der Waals surface area contributed by atoms with Crippen LogP contribution in [0.5, 0.6) is 0 Å². The molecule has 1 saturated carbocycles. The lowest BCUT2D eigenvalue weighted by Crippen LogP contribution is -2.27. The number of nitrogens with zero attached hydrogens (tertiary/aromatic N) is 2. The molecule has 1 heterocycles. The highest BCUT2D eigenvalue weighted by Crippen LogP contribution is 2.18. The Morgan fingerprint density at radius 3 is 2.79 bits per heavy atom. The van der Waals surface area contributed by atoms with Crippen LogP contribution in [0.25, 0.3) is 0 Å². The molecule has 1 fully saturated rings. The summed E-state index contributed by atoms with van der Waals surface area (Å²) < 4.78 is 0. The molecule has 19 heavy (non-hydrogen) atoms. The van der Waals surface area contributed by atoms with E-state index in [0.29, 0.717) is 24.9 Å². The first-order chi connectivity index (χ1) is 9.04. The van der Waals surface area contributed by atoms with Crippen molar-refractivity contribution in [1.82, 2.24) is 15.3 Å². The van der Waals surface area contributed by atoms with Crippen molar-refractivity contribution in [2.24, 2.45) is 0 Å². The lowest BCUT2D eigenvalue weighted by atomic mass is 10.2. The molecule has 1 aliphatic rings. The summed E-state index contributed by atoms with van der Waals surface area (Å²) in [6.07, 6.45) is 2.74. The maximum absolute atomic E-state index is 11.5. The number of aryl methyl sites for hydroxylation is 1. The molecule has 0 aromatic carbocycles. The van der Waals surface area contributed by atoms with Gasteiger partial charge in [0.25, 0.3) is 0 Å². The first-order valence-electron chi connectivity index (χ1n) is 6.93. The number of hydrogen-bond donors (Lipinski definition) is 2. The van der Waals surface area contributed by atoms with Crippen LogP contribution in [-0.2, 0) is 4.79 Å². The Balaban J connectivity index is 1.82. The minimum atomic E-state index is 0.116. The van der Waals surface area contributed by atoms with Crippen molar-refractivity contribution in [1.29, 1.82) is 0 Å². The highest BCUT2D eigenvalue weighted by molar-refractivity contribution is 5.77. The molecule has 2 rings (SSSR count). The van der Waals surface area contributed by atoms with E-state index < -0.39 is 0 Å². The van der Waals surface area contributed by atoms with Gasteiger partial charge in [0, 0.05) is 36.7 Å². The molecule has 0 aliphatic heterocycles. The molecule has 104 valence electrons. The molecule has 0 spiro atoms. The van der Waals surface area contributed by atoms with Crippen molar-refractivity contribution >= 4 is 11.7 Å². The molecule has 0 unspecified atom stereocenters. The number of nitrogens with one attached hydrogen (secondary N) is 2. The van der Waals surface area contributed by atoms with E-state index >= 15 is 0 Å². The first kappa shape index (κ1) is 13.8. The highest BCUT2D eigenvalue weighted by atomic mass is 16.1. The van der Waals surface area contributed by atoms with Crippen molar-refractivity contribution in [3.8, 4) is 0 Å². The number of aromatic nitrogens is 2. The number of hydrogen-bond acceptors (Lipinski definition) is 4. The lowest BCUT2D eigenvalue weighted by molar-refractivity contribution is -0.120. The van der Waals surface area contributed by atoms with Gasteiger partial charge in [-0.3, -0.25) is 4.79 Å². The Bertz CT molecular complexity index is 455. The number of carbonyl (C=O) groups is 1. The van der Waals surface area contributed by atoms with Crippen molar-refractivity contribution in [2.45, 2.75) is 52.0 Å². The number of carbonyl (C=O) groups excluding carboxylic acids is 1. The lowest BCUT2D eigenvalue weighted by Gasteiger charge is -2.10. The summed E-state index contributed by atoms with van der Waals surface area (Å²) in [5, 5.41) is 6.16. The van der Waals surface area contributed by atoms with Crippen LogP contribution in [0.2, 0.25) is 0 Å². The van der Waals surface area contributed by atoms with Gasteiger partial charge >= 0.3 is 0 Å². The van der Waals surface area contributed by atoms with Gasteiger partial charge in [-0.05, 0) is 19.8 Å². The Morgan fingerprint density at radius 2 is 2.16 bits per heavy atom. The molecular formula is C14H22N4O. The Hall–Kier alpha value is -1.65. The maximum atomic E-state index is 11.5. The summed E-state index contributed by atoms with van der Waals surface area (Å²) in [6.45, 7) is 6.70. The van der Waals surface area contributed by atoms with Gasteiger partial charge in [-0.25, -0.2) is 9.97 Å². The summed E-state index contributed by atoms with van der Waals surface area (Å²) in [4.78, 5) is 20.4. The monoisotopic (exact) mass is 262 g/mol. The van der Waals surface area contributed by atoms with Gasteiger partial charge in [0.05, 0.1) is 0 Å². The second-order valence-corrected chi connectivity index (χ2v) is 5.43. The van der Waals surface area contributed by atoms with Gasteiger partial charge < -0.3 is 10.6 Å². The minimum absolute atomic E-state index is 0.116. The molecule has 1 amide bonds. The number of amides is 1. The third-order valence-electron chi connectivity index (χ3n) is 2.99. The van der Waals surface area contributed by atoms with E-state index in [1.54, 1.807) is 0 Å². The fourth-order valence-electron chi connectivity index (χ4n) is 1.77. The van der Waals surface area contributed by atoms with Crippen LogP contribution in [0.15, 0.2) is 6.07 Å². The Labute approximate surface area is 114 Å². The van der Waals surface area contributed by atoms with Crippen LogP contribution in [0, 0.1) is 6.92 Å². The molecule has 0 bridgehead atoms. The van der Waals surface area contributed by atoms with E-state index in [9.17, 15) is 4.79 Å². The first-order valence-corrected chi connectivity index (χ1v) is 6.93. The molecule has 2 N–H and O–H groups in total. The predicted molar refractivity (Wildman–Crippen MR) is 75.1 cm³/mol. The highest BCUT2D eigenvalue weighted by Gasteiger charge is 2.22. The van der Waals surface area contributed by atoms with Crippen LogP contribution in [0.1, 0.15) is 50.5 Å². The van der Waals surface area contributed by atoms with Crippen molar-refractivity contribution in [2.75, 3.05) is 11.9 Å². The van der Waals surface area contributed by atoms with E-state index in [-0.39, 0.29) is 5.91 Å². The van der Waals surface area contributed by atoms with E-state index in [4.69, 9.17) is 0 Å². The topological polar surface area (TPSA) is 66.9 Å². The molecule has 1 aromatic heterocycles. The van der Waals surface area contributed by atoms with Crippen molar-refractivity contribution in [3.05, 3.63) is 17.6 Å². The number of rotatable bonds is 6. The maximum Gasteiger partial charge on any atom is 0.221 e. The second-order valence-electron chi connectivity index (χ2n) is 5.43. The molecule has 5 nitrogen and oxygen atoms in total. The van der Waals surface area contributed by atoms with Gasteiger partial charge in [-0.15, -0.1) is 0 Å². The van der Waals surface area contributed by atoms with Crippen LogP contribution in [-0.4, -0.2) is 28.5 Å². The fourth-order valence-corrected chi connectivity index (χ4v) is 1.77. The van der Waals surface area contributed by atoms with Crippen LogP contribution >= 0.6 is 0 Å². The van der Waals surface area contributed by atoms with Crippen molar-refractivity contribution in [3.63, 3.8) is 0 Å². The zero-order valence-corrected chi connectivity index (χ0v) is 11.9. The second kappa shape index (κ2) is 5.99. The summed E-state index contributed by atoms with van der Waals surface area (Å²) in [7, 11) is 0. The van der Waals surface area contributed by atoms with Crippen molar-refractivity contribution < 1.29 is 4.79 Å². The van der Waals surface area contributed by atoms with E-state index in [0.717, 1.165) is 30.2 Å². The quantitative estimate of drug-likeness (QED) is 0.822. The molecule has 0 radical (unpaired) electrons. The fraction of sp³-hybridized carbons (Fsp3) is 0.643. The Kier molecular flexibility index (Phi) is 4.35. The summed E-state index contributed by atoms with van der Waals surface area (Å²) in [6, 6.07) is 2.34. The molecular weight excluding hydrogens is 240 g/mol. The molecule has 1 aromatic rings. The molecule has 0 saturated heterocycles. The summed E-state index contributed by atoms with van der Waals surface area (Å²) in [5.41, 5.74) is 0.948.